The average molecular weight is 209 g/mol. The van der Waals surface area contributed by atoms with Crippen molar-refractivity contribution in [1.29, 1.82) is 0 Å². The van der Waals surface area contributed by atoms with Crippen LogP contribution >= 0.6 is 0 Å². The summed E-state index contributed by atoms with van der Waals surface area (Å²) >= 11 is 0. The molecule has 0 aliphatic heterocycles. The Morgan fingerprint density at radius 3 is 2.67 bits per heavy atom. The van der Waals surface area contributed by atoms with Gasteiger partial charge in [0.2, 0.25) is 0 Å². The third kappa shape index (κ3) is 3.34. The first kappa shape index (κ1) is 11.7. The number of hydrogen-bond donors (Lipinski definition) is 1. The molecule has 0 unspecified atom stereocenters. The van der Waals surface area contributed by atoms with Crippen molar-refractivity contribution in [2.24, 2.45) is 0 Å². The first-order chi connectivity index (χ1) is 7.15. The molecule has 0 atom stereocenters. The lowest BCUT2D eigenvalue weighted by Crippen LogP contribution is -2.11. The van der Waals surface area contributed by atoms with Crippen molar-refractivity contribution in [2.75, 3.05) is 13.1 Å². The van der Waals surface area contributed by atoms with Crippen LogP contribution < -0.4 is 5.32 Å². The molecule has 80 valence electrons. The molecule has 0 bridgehead atoms. The molecule has 0 fully saturated rings. The van der Waals surface area contributed by atoms with Crippen LogP contribution in [0.5, 0.6) is 0 Å². The zero-order valence-electron chi connectivity index (χ0n) is 8.82. The summed E-state index contributed by atoms with van der Waals surface area (Å²) in [6, 6.07) is 2.29. The van der Waals surface area contributed by atoms with E-state index in [-0.39, 0.29) is 5.56 Å². The predicted octanol–water partition coefficient (Wildman–Crippen LogP) is 2.23. The van der Waals surface area contributed by atoms with Gasteiger partial charge in [-0.25, -0.2) is 8.78 Å². The molecule has 0 amide bonds. The van der Waals surface area contributed by atoms with E-state index >= 15 is 0 Å². The van der Waals surface area contributed by atoms with Crippen LogP contribution in [0.3, 0.4) is 0 Å². The van der Waals surface area contributed by atoms with Gasteiger partial charge >= 0.3 is 0 Å². The fraction of sp³-hybridized carbons (Fsp3) is 0.333. The number of benzene rings is 1. The van der Waals surface area contributed by atoms with Crippen LogP contribution in [0.2, 0.25) is 0 Å². The van der Waals surface area contributed by atoms with E-state index in [1.807, 2.05) is 6.92 Å². The van der Waals surface area contributed by atoms with Gasteiger partial charge in [-0.1, -0.05) is 18.8 Å². The van der Waals surface area contributed by atoms with Gasteiger partial charge in [0, 0.05) is 0 Å². The number of hydrogen-bond acceptors (Lipinski definition) is 1. The highest BCUT2D eigenvalue weighted by molar-refractivity contribution is 5.38. The Bertz CT molecular complexity index is 402. The second-order valence-electron chi connectivity index (χ2n) is 3.16. The van der Waals surface area contributed by atoms with Crippen molar-refractivity contribution in [3.8, 4) is 11.8 Å². The fourth-order valence-corrected chi connectivity index (χ4v) is 1.07. The smallest absolute Gasteiger partial charge is 0.139 e. The highest BCUT2D eigenvalue weighted by Crippen LogP contribution is 2.12. The maximum Gasteiger partial charge on any atom is 0.139 e. The summed E-state index contributed by atoms with van der Waals surface area (Å²) in [5.74, 6) is 4.41. The maximum atomic E-state index is 13.3. The van der Waals surface area contributed by atoms with Gasteiger partial charge in [-0.05, 0) is 31.2 Å². The van der Waals surface area contributed by atoms with E-state index in [0.717, 1.165) is 18.7 Å². The lowest BCUT2D eigenvalue weighted by molar-refractivity contribution is 0.590. The standard InChI is InChI=1S/C12H13F2N/c1-3-15-6-4-5-10-8-11(13)9(2)7-12(10)14/h7-8,15H,3,6H2,1-2H3. The second-order valence-corrected chi connectivity index (χ2v) is 3.16. The zero-order chi connectivity index (χ0) is 11.3. The summed E-state index contributed by atoms with van der Waals surface area (Å²) in [5, 5.41) is 2.97. The van der Waals surface area contributed by atoms with E-state index in [0.29, 0.717) is 12.1 Å². The van der Waals surface area contributed by atoms with Crippen molar-refractivity contribution < 1.29 is 8.78 Å². The molecule has 15 heavy (non-hydrogen) atoms. The van der Waals surface area contributed by atoms with Crippen molar-refractivity contribution in [2.45, 2.75) is 13.8 Å². The van der Waals surface area contributed by atoms with Gasteiger partial charge in [-0.2, -0.15) is 0 Å². The first-order valence-corrected chi connectivity index (χ1v) is 4.80. The highest BCUT2D eigenvalue weighted by Gasteiger charge is 2.04. The summed E-state index contributed by atoms with van der Waals surface area (Å²) in [6.45, 7) is 4.76. The van der Waals surface area contributed by atoms with Crippen LogP contribution in [0.1, 0.15) is 18.1 Å². The SMILES string of the molecule is CCNCC#Cc1cc(F)c(C)cc1F. The van der Waals surface area contributed by atoms with Crippen molar-refractivity contribution in [1.82, 2.24) is 5.32 Å². The van der Waals surface area contributed by atoms with Gasteiger partial charge in [0.15, 0.2) is 0 Å². The summed E-state index contributed by atoms with van der Waals surface area (Å²) < 4.78 is 26.3. The number of nitrogens with one attached hydrogen (secondary N) is 1. The van der Waals surface area contributed by atoms with Crippen LogP contribution in [-0.4, -0.2) is 13.1 Å². The first-order valence-electron chi connectivity index (χ1n) is 4.80. The molecule has 0 aliphatic carbocycles. The summed E-state index contributed by atoms with van der Waals surface area (Å²) in [7, 11) is 0. The largest absolute Gasteiger partial charge is 0.306 e. The molecule has 0 aromatic heterocycles. The predicted molar refractivity (Wildman–Crippen MR) is 56.5 cm³/mol. The van der Waals surface area contributed by atoms with Crippen LogP contribution in [-0.2, 0) is 0 Å². The van der Waals surface area contributed by atoms with E-state index in [9.17, 15) is 8.78 Å². The summed E-state index contributed by atoms with van der Waals surface area (Å²) in [4.78, 5) is 0. The normalized spacial score (nSPS) is 9.60. The van der Waals surface area contributed by atoms with Gasteiger partial charge in [-0.15, -0.1) is 0 Å². The molecule has 0 heterocycles. The third-order valence-electron chi connectivity index (χ3n) is 1.93. The highest BCUT2D eigenvalue weighted by atomic mass is 19.1. The Kier molecular flexibility index (Phi) is 4.26. The Balaban J connectivity index is 2.84. The lowest BCUT2D eigenvalue weighted by Gasteiger charge is -1.98. The van der Waals surface area contributed by atoms with Gasteiger partial charge in [-0.3, -0.25) is 0 Å². The average Bonchev–Trinajstić information content (AvgIpc) is 2.20. The number of aryl methyl sites for hydroxylation is 1. The molecule has 1 N–H and O–H groups in total. The van der Waals surface area contributed by atoms with E-state index < -0.39 is 11.6 Å². The van der Waals surface area contributed by atoms with Gasteiger partial charge in [0.05, 0.1) is 12.1 Å². The molecular formula is C12H13F2N. The molecule has 0 spiro atoms. The third-order valence-corrected chi connectivity index (χ3v) is 1.93. The van der Waals surface area contributed by atoms with E-state index in [2.05, 4.69) is 17.2 Å². The molecule has 1 aromatic rings. The lowest BCUT2D eigenvalue weighted by atomic mass is 10.1. The minimum absolute atomic E-state index is 0.107. The molecular weight excluding hydrogens is 196 g/mol. The van der Waals surface area contributed by atoms with Crippen LogP contribution in [0.15, 0.2) is 12.1 Å². The molecule has 1 nitrogen and oxygen atoms in total. The van der Waals surface area contributed by atoms with E-state index in [4.69, 9.17) is 0 Å². The minimum atomic E-state index is -0.474. The molecule has 0 saturated carbocycles. The molecule has 0 radical (unpaired) electrons. The molecule has 1 rings (SSSR count). The minimum Gasteiger partial charge on any atom is -0.306 e. The van der Waals surface area contributed by atoms with Gasteiger partial charge in [0.25, 0.3) is 0 Å². The fourth-order valence-electron chi connectivity index (χ4n) is 1.07. The summed E-state index contributed by atoms with van der Waals surface area (Å²) in [6.07, 6.45) is 0. The van der Waals surface area contributed by atoms with Crippen molar-refractivity contribution >= 4 is 0 Å². The molecule has 3 heteroatoms. The van der Waals surface area contributed by atoms with Gasteiger partial charge < -0.3 is 5.32 Å². The molecule has 0 aliphatic rings. The Labute approximate surface area is 88.5 Å². The van der Waals surface area contributed by atoms with Crippen LogP contribution in [0.25, 0.3) is 0 Å². The number of rotatable bonds is 2. The Hall–Kier alpha value is -1.40. The monoisotopic (exact) mass is 209 g/mol. The van der Waals surface area contributed by atoms with Crippen LogP contribution in [0.4, 0.5) is 8.78 Å². The van der Waals surface area contributed by atoms with E-state index in [1.165, 1.54) is 6.92 Å². The Morgan fingerprint density at radius 1 is 1.27 bits per heavy atom. The topological polar surface area (TPSA) is 12.0 Å². The summed E-state index contributed by atoms with van der Waals surface area (Å²) in [5.41, 5.74) is 0.403. The maximum absolute atomic E-state index is 13.3. The molecule has 0 saturated heterocycles. The second kappa shape index (κ2) is 5.47. The van der Waals surface area contributed by atoms with E-state index in [1.54, 1.807) is 0 Å². The van der Waals surface area contributed by atoms with Crippen molar-refractivity contribution in [3.63, 3.8) is 0 Å². The van der Waals surface area contributed by atoms with Crippen molar-refractivity contribution in [3.05, 3.63) is 34.9 Å². The quantitative estimate of drug-likeness (QED) is 0.582. The van der Waals surface area contributed by atoms with Gasteiger partial charge in [0.1, 0.15) is 11.6 Å². The zero-order valence-corrected chi connectivity index (χ0v) is 8.82. The number of halogens is 2. The Morgan fingerprint density at radius 2 is 2.00 bits per heavy atom. The van der Waals surface area contributed by atoms with Crippen LogP contribution in [0, 0.1) is 30.4 Å². The molecule has 1 aromatic carbocycles.